The van der Waals surface area contributed by atoms with Gasteiger partial charge in [-0.3, -0.25) is 0 Å². The van der Waals surface area contributed by atoms with E-state index in [1.54, 1.807) is 0 Å². The Labute approximate surface area is 197 Å². The molecular formula is C29H33NO3. The van der Waals surface area contributed by atoms with Crippen molar-refractivity contribution in [2.75, 3.05) is 18.1 Å². The van der Waals surface area contributed by atoms with Crippen molar-refractivity contribution in [1.82, 2.24) is 0 Å². The smallest absolute Gasteiger partial charge is 0.330 e. The van der Waals surface area contributed by atoms with Gasteiger partial charge in [0.05, 0.1) is 13.2 Å². The Balaban J connectivity index is 1.56. The van der Waals surface area contributed by atoms with E-state index in [0.717, 1.165) is 48.5 Å². The van der Waals surface area contributed by atoms with E-state index in [1.807, 2.05) is 12.1 Å². The number of hydrogen-bond donors (Lipinski definition) is 0. The molecule has 0 saturated carbocycles. The van der Waals surface area contributed by atoms with Gasteiger partial charge in [-0.05, 0) is 88.1 Å². The fourth-order valence-electron chi connectivity index (χ4n) is 3.51. The standard InChI is InChI=1S/C29H33NO3/c1-4-29(31)33-22-8-6-5-7-21-32-28-19-17-27(18-20-28)30(25-13-9-23(2)10-14-25)26-15-11-24(3)12-16-26/h4,9-20H,1,5-8,21-22H2,2-3H3. The van der Waals surface area contributed by atoms with Crippen LogP contribution in [0.2, 0.25) is 0 Å². The SMILES string of the molecule is C=CC(=O)OCCCCCCOc1ccc(N(c2ccc(C)cc2)c2ccc(C)cc2)cc1. The molecule has 0 saturated heterocycles. The van der Waals surface area contributed by atoms with Crippen molar-refractivity contribution < 1.29 is 14.3 Å². The number of ether oxygens (including phenoxy) is 2. The number of anilines is 3. The Morgan fingerprint density at radius 3 is 1.67 bits per heavy atom. The molecule has 0 fully saturated rings. The summed E-state index contributed by atoms with van der Waals surface area (Å²) < 4.78 is 10.9. The monoisotopic (exact) mass is 443 g/mol. The van der Waals surface area contributed by atoms with Crippen molar-refractivity contribution in [2.24, 2.45) is 0 Å². The highest BCUT2D eigenvalue weighted by Crippen LogP contribution is 2.35. The van der Waals surface area contributed by atoms with E-state index in [0.29, 0.717) is 13.2 Å². The lowest BCUT2D eigenvalue weighted by molar-refractivity contribution is -0.137. The molecule has 33 heavy (non-hydrogen) atoms. The molecule has 0 aromatic heterocycles. The van der Waals surface area contributed by atoms with Gasteiger partial charge in [0, 0.05) is 23.1 Å². The van der Waals surface area contributed by atoms with Crippen molar-refractivity contribution in [1.29, 1.82) is 0 Å². The lowest BCUT2D eigenvalue weighted by Crippen LogP contribution is -2.10. The molecule has 0 aliphatic carbocycles. The predicted octanol–water partition coefficient (Wildman–Crippen LogP) is 7.44. The van der Waals surface area contributed by atoms with Crippen LogP contribution < -0.4 is 9.64 Å². The Morgan fingerprint density at radius 2 is 1.18 bits per heavy atom. The minimum Gasteiger partial charge on any atom is -0.494 e. The number of hydrogen-bond acceptors (Lipinski definition) is 4. The average molecular weight is 444 g/mol. The summed E-state index contributed by atoms with van der Waals surface area (Å²) in [5.74, 6) is 0.511. The van der Waals surface area contributed by atoms with E-state index in [2.05, 4.69) is 86.0 Å². The zero-order valence-corrected chi connectivity index (χ0v) is 19.6. The number of nitrogens with zero attached hydrogens (tertiary/aromatic N) is 1. The summed E-state index contributed by atoms with van der Waals surface area (Å²) in [5, 5.41) is 0. The summed E-state index contributed by atoms with van der Waals surface area (Å²) in [6.07, 6.45) is 5.07. The van der Waals surface area contributed by atoms with Crippen LogP contribution in [0.3, 0.4) is 0 Å². The molecule has 4 heteroatoms. The summed E-state index contributed by atoms with van der Waals surface area (Å²) in [4.78, 5) is 13.2. The first-order valence-electron chi connectivity index (χ1n) is 11.5. The topological polar surface area (TPSA) is 38.8 Å². The third-order valence-corrected chi connectivity index (χ3v) is 5.40. The first-order valence-corrected chi connectivity index (χ1v) is 11.5. The van der Waals surface area contributed by atoms with Crippen molar-refractivity contribution in [2.45, 2.75) is 39.5 Å². The third kappa shape index (κ3) is 7.53. The molecule has 3 aromatic carbocycles. The quantitative estimate of drug-likeness (QED) is 0.166. The van der Waals surface area contributed by atoms with E-state index in [9.17, 15) is 4.79 Å². The fourth-order valence-corrected chi connectivity index (χ4v) is 3.51. The number of carbonyl (C=O) groups excluding carboxylic acids is 1. The molecule has 0 amide bonds. The Morgan fingerprint density at radius 1 is 0.727 bits per heavy atom. The van der Waals surface area contributed by atoms with Gasteiger partial charge >= 0.3 is 5.97 Å². The maximum Gasteiger partial charge on any atom is 0.330 e. The molecule has 4 nitrogen and oxygen atoms in total. The van der Waals surface area contributed by atoms with Gasteiger partial charge in [-0.25, -0.2) is 4.79 Å². The van der Waals surface area contributed by atoms with Crippen LogP contribution in [-0.4, -0.2) is 19.2 Å². The van der Waals surface area contributed by atoms with Crippen LogP contribution in [0.25, 0.3) is 0 Å². The van der Waals surface area contributed by atoms with Crippen molar-refractivity contribution in [3.8, 4) is 5.75 Å². The minimum absolute atomic E-state index is 0.356. The molecule has 0 radical (unpaired) electrons. The van der Waals surface area contributed by atoms with E-state index in [-0.39, 0.29) is 5.97 Å². The molecule has 3 rings (SSSR count). The largest absolute Gasteiger partial charge is 0.494 e. The number of aryl methyl sites for hydroxylation is 2. The number of benzene rings is 3. The third-order valence-electron chi connectivity index (χ3n) is 5.40. The highest BCUT2D eigenvalue weighted by molar-refractivity contribution is 5.81. The van der Waals surface area contributed by atoms with Crippen LogP contribution in [0.5, 0.6) is 5.75 Å². The molecular weight excluding hydrogens is 410 g/mol. The molecule has 0 N–H and O–H groups in total. The van der Waals surface area contributed by atoms with Gasteiger partial charge in [-0.15, -0.1) is 0 Å². The Hall–Kier alpha value is -3.53. The molecule has 0 aliphatic heterocycles. The van der Waals surface area contributed by atoms with Crippen LogP contribution in [0, 0.1) is 13.8 Å². The lowest BCUT2D eigenvalue weighted by atomic mass is 10.1. The second-order valence-electron chi connectivity index (χ2n) is 8.13. The van der Waals surface area contributed by atoms with Crippen LogP contribution >= 0.6 is 0 Å². The molecule has 0 heterocycles. The summed E-state index contributed by atoms with van der Waals surface area (Å²) in [7, 11) is 0. The molecule has 3 aromatic rings. The first kappa shape index (κ1) is 24.1. The molecule has 172 valence electrons. The summed E-state index contributed by atoms with van der Waals surface area (Å²) >= 11 is 0. The Bertz CT molecular complexity index is 963. The summed E-state index contributed by atoms with van der Waals surface area (Å²) in [6, 6.07) is 25.4. The average Bonchev–Trinajstić information content (AvgIpc) is 2.84. The summed E-state index contributed by atoms with van der Waals surface area (Å²) in [5.41, 5.74) is 5.81. The van der Waals surface area contributed by atoms with Gasteiger partial charge in [0.1, 0.15) is 5.75 Å². The zero-order valence-electron chi connectivity index (χ0n) is 19.6. The van der Waals surface area contributed by atoms with Gasteiger partial charge in [0.2, 0.25) is 0 Å². The highest BCUT2D eigenvalue weighted by atomic mass is 16.5. The molecule has 0 spiro atoms. The van der Waals surface area contributed by atoms with Crippen molar-refractivity contribution >= 4 is 23.0 Å². The minimum atomic E-state index is -0.356. The lowest BCUT2D eigenvalue weighted by Gasteiger charge is -2.26. The number of rotatable bonds is 12. The van der Waals surface area contributed by atoms with Gasteiger partial charge in [-0.1, -0.05) is 42.0 Å². The predicted molar refractivity (Wildman–Crippen MR) is 136 cm³/mol. The maximum absolute atomic E-state index is 11.0. The van der Waals surface area contributed by atoms with Gasteiger partial charge in [0.25, 0.3) is 0 Å². The fraction of sp³-hybridized carbons (Fsp3) is 0.276. The van der Waals surface area contributed by atoms with Crippen molar-refractivity contribution in [3.63, 3.8) is 0 Å². The number of carbonyl (C=O) groups is 1. The molecule has 0 bridgehead atoms. The first-order chi connectivity index (χ1) is 16.1. The van der Waals surface area contributed by atoms with Crippen molar-refractivity contribution in [3.05, 3.63) is 96.6 Å². The summed E-state index contributed by atoms with van der Waals surface area (Å²) in [6.45, 7) is 8.71. The number of esters is 1. The van der Waals surface area contributed by atoms with Crippen LogP contribution in [0.15, 0.2) is 85.5 Å². The zero-order chi connectivity index (χ0) is 23.5. The second-order valence-corrected chi connectivity index (χ2v) is 8.13. The van der Waals surface area contributed by atoms with Crippen LogP contribution in [-0.2, 0) is 9.53 Å². The second kappa shape index (κ2) is 12.5. The molecule has 0 unspecified atom stereocenters. The van der Waals surface area contributed by atoms with Gasteiger partial charge in [0.15, 0.2) is 0 Å². The molecule has 0 aliphatic rings. The highest BCUT2D eigenvalue weighted by Gasteiger charge is 2.12. The Kier molecular flexibility index (Phi) is 9.13. The van der Waals surface area contributed by atoms with Gasteiger partial charge in [-0.2, -0.15) is 0 Å². The van der Waals surface area contributed by atoms with E-state index in [1.165, 1.54) is 17.2 Å². The van der Waals surface area contributed by atoms with Gasteiger partial charge < -0.3 is 14.4 Å². The van der Waals surface area contributed by atoms with Crippen LogP contribution in [0.1, 0.15) is 36.8 Å². The van der Waals surface area contributed by atoms with E-state index in [4.69, 9.17) is 9.47 Å². The number of unbranched alkanes of at least 4 members (excludes halogenated alkanes) is 3. The molecule has 0 atom stereocenters. The normalized spacial score (nSPS) is 10.5. The maximum atomic E-state index is 11.0. The van der Waals surface area contributed by atoms with E-state index < -0.39 is 0 Å². The van der Waals surface area contributed by atoms with Crippen LogP contribution in [0.4, 0.5) is 17.1 Å². The van der Waals surface area contributed by atoms with E-state index >= 15 is 0 Å².